The van der Waals surface area contributed by atoms with Crippen molar-refractivity contribution >= 4 is 23.2 Å². The van der Waals surface area contributed by atoms with Gasteiger partial charge in [0.05, 0.1) is 17.3 Å². The lowest BCUT2D eigenvalue weighted by atomic mass is 10.1. The molecule has 2 aliphatic rings. The molecule has 5 heteroatoms. The van der Waals surface area contributed by atoms with Gasteiger partial charge in [-0.2, -0.15) is 0 Å². The number of carbonyl (C=O) groups excluding carboxylic acids is 2. The van der Waals surface area contributed by atoms with Crippen molar-refractivity contribution in [1.82, 2.24) is 4.90 Å². The molecule has 0 spiro atoms. The highest BCUT2D eigenvalue weighted by molar-refractivity contribution is 5.99. The van der Waals surface area contributed by atoms with E-state index in [-0.39, 0.29) is 23.8 Å². The van der Waals surface area contributed by atoms with E-state index < -0.39 is 0 Å². The van der Waals surface area contributed by atoms with Crippen molar-refractivity contribution in [3.8, 4) is 0 Å². The zero-order chi connectivity index (χ0) is 19.2. The number of rotatable bonds is 6. The maximum absolute atomic E-state index is 12.9. The number of nitrogens with zero attached hydrogens (tertiary/aromatic N) is 2. The van der Waals surface area contributed by atoms with Gasteiger partial charge in [-0.3, -0.25) is 9.59 Å². The summed E-state index contributed by atoms with van der Waals surface area (Å²) < 4.78 is 0. The van der Waals surface area contributed by atoms with Gasteiger partial charge >= 0.3 is 0 Å². The molecular weight excluding hydrogens is 338 g/mol. The van der Waals surface area contributed by atoms with E-state index in [1.807, 2.05) is 23.1 Å². The summed E-state index contributed by atoms with van der Waals surface area (Å²) in [5.74, 6) is -0.168. The summed E-state index contributed by atoms with van der Waals surface area (Å²) >= 11 is 0. The van der Waals surface area contributed by atoms with Crippen LogP contribution in [0.4, 0.5) is 11.4 Å². The molecule has 0 saturated carbocycles. The number of nitrogens with one attached hydrogen (secondary N) is 1. The number of benzene rings is 1. The summed E-state index contributed by atoms with van der Waals surface area (Å²) in [6.07, 6.45) is 7.16. The van der Waals surface area contributed by atoms with Crippen LogP contribution < -0.4 is 10.2 Å². The Morgan fingerprint density at radius 1 is 1.11 bits per heavy atom. The minimum absolute atomic E-state index is 0.0286. The van der Waals surface area contributed by atoms with Crippen LogP contribution in [0.3, 0.4) is 0 Å². The normalized spacial score (nSPS) is 20.9. The predicted molar refractivity (Wildman–Crippen MR) is 110 cm³/mol. The van der Waals surface area contributed by atoms with Gasteiger partial charge in [0, 0.05) is 32.1 Å². The molecule has 0 bridgehead atoms. The summed E-state index contributed by atoms with van der Waals surface area (Å²) in [7, 11) is 0. The van der Waals surface area contributed by atoms with Crippen molar-refractivity contribution in [3.05, 3.63) is 24.3 Å². The van der Waals surface area contributed by atoms with Crippen LogP contribution in [0.5, 0.6) is 0 Å². The summed E-state index contributed by atoms with van der Waals surface area (Å²) in [6, 6.07) is 8.32. The quantitative estimate of drug-likeness (QED) is 0.821. The van der Waals surface area contributed by atoms with E-state index in [1.54, 1.807) is 0 Å². The van der Waals surface area contributed by atoms with Crippen LogP contribution in [0, 0.1) is 5.92 Å². The zero-order valence-electron chi connectivity index (χ0n) is 16.7. The standard InChI is InChI=1S/C22H33N3O2/c1-3-18(4-2)25-16-17(15-21(25)26)22(27)23-19-11-7-8-12-20(19)24-13-9-5-6-10-14-24/h7-8,11-12,17-18H,3-6,9-10,13-16H2,1-2H3,(H,23,27). The molecule has 1 unspecified atom stereocenters. The van der Waals surface area contributed by atoms with Crippen LogP contribution in [-0.4, -0.2) is 42.4 Å². The monoisotopic (exact) mass is 371 g/mol. The van der Waals surface area contributed by atoms with Crippen LogP contribution in [-0.2, 0) is 9.59 Å². The van der Waals surface area contributed by atoms with Crippen molar-refractivity contribution in [1.29, 1.82) is 0 Å². The Hall–Kier alpha value is -2.04. The van der Waals surface area contributed by atoms with Gasteiger partial charge in [-0.05, 0) is 37.8 Å². The number of carbonyl (C=O) groups is 2. The van der Waals surface area contributed by atoms with Gasteiger partial charge in [0.15, 0.2) is 0 Å². The Balaban J connectivity index is 1.69. The molecular formula is C22H33N3O2. The fourth-order valence-electron chi connectivity index (χ4n) is 4.39. The first-order valence-electron chi connectivity index (χ1n) is 10.6. The van der Waals surface area contributed by atoms with E-state index in [2.05, 4.69) is 30.1 Å². The number of anilines is 2. The van der Waals surface area contributed by atoms with Crippen LogP contribution >= 0.6 is 0 Å². The molecule has 2 aliphatic heterocycles. The van der Waals surface area contributed by atoms with E-state index in [4.69, 9.17) is 0 Å². The Kier molecular flexibility index (Phi) is 6.75. The number of hydrogen-bond acceptors (Lipinski definition) is 3. The molecule has 2 fully saturated rings. The summed E-state index contributed by atoms with van der Waals surface area (Å²) in [4.78, 5) is 29.6. The fourth-order valence-corrected chi connectivity index (χ4v) is 4.39. The molecule has 1 aromatic rings. The number of hydrogen-bond donors (Lipinski definition) is 1. The second-order valence-corrected chi connectivity index (χ2v) is 7.83. The van der Waals surface area contributed by atoms with Crippen molar-refractivity contribution in [2.75, 3.05) is 29.9 Å². The molecule has 27 heavy (non-hydrogen) atoms. The third-order valence-electron chi connectivity index (χ3n) is 6.02. The maximum Gasteiger partial charge on any atom is 0.229 e. The van der Waals surface area contributed by atoms with E-state index in [1.165, 1.54) is 25.7 Å². The first kappa shape index (κ1) is 19.7. The second-order valence-electron chi connectivity index (χ2n) is 7.83. The minimum atomic E-state index is -0.254. The van der Waals surface area contributed by atoms with E-state index in [9.17, 15) is 9.59 Å². The Bertz CT molecular complexity index is 649. The van der Waals surface area contributed by atoms with Crippen molar-refractivity contribution in [3.63, 3.8) is 0 Å². The fraction of sp³-hybridized carbons (Fsp3) is 0.636. The summed E-state index contributed by atoms with van der Waals surface area (Å²) in [6.45, 7) is 6.83. The first-order valence-corrected chi connectivity index (χ1v) is 10.6. The van der Waals surface area contributed by atoms with Crippen LogP contribution in [0.2, 0.25) is 0 Å². The Labute approximate surface area is 163 Å². The highest BCUT2D eigenvalue weighted by atomic mass is 16.2. The summed E-state index contributed by atoms with van der Waals surface area (Å²) in [5.41, 5.74) is 1.98. The van der Waals surface area contributed by atoms with Gasteiger partial charge in [-0.25, -0.2) is 0 Å². The number of para-hydroxylation sites is 2. The van der Waals surface area contributed by atoms with Gasteiger partial charge in [0.2, 0.25) is 11.8 Å². The smallest absolute Gasteiger partial charge is 0.229 e. The minimum Gasteiger partial charge on any atom is -0.370 e. The van der Waals surface area contributed by atoms with Crippen LogP contribution in [0.25, 0.3) is 0 Å². The van der Waals surface area contributed by atoms with Crippen molar-refractivity contribution in [2.24, 2.45) is 5.92 Å². The van der Waals surface area contributed by atoms with Crippen LogP contribution in [0.1, 0.15) is 58.8 Å². The average molecular weight is 372 g/mol. The molecule has 2 saturated heterocycles. The molecule has 0 aliphatic carbocycles. The van der Waals surface area contributed by atoms with Gasteiger partial charge in [-0.15, -0.1) is 0 Å². The second kappa shape index (κ2) is 9.25. The molecule has 1 atom stereocenters. The Morgan fingerprint density at radius 2 is 1.78 bits per heavy atom. The van der Waals surface area contributed by atoms with E-state index in [0.29, 0.717) is 13.0 Å². The molecule has 2 heterocycles. The highest BCUT2D eigenvalue weighted by Crippen LogP contribution is 2.30. The lowest BCUT2D eigenvalue weighted by Crippen LogP contribution is -2.36. The van der Waals surface area contributed by atoms with E-state index in [0.717, 1.165) is 37.3 Å². The van der Waals surface area contributed by atoms with Gasteiger partial charge in [0.1, 0.15) is 0 Å². The molecule has 5 nitrogen and oxygen atoms in total. The van der Waals surface area contributed by atoms with Crippen molar-refractivity contribution in [2.45, 2.75) is 64.8 Å². The maximum atomic E-state index is 12.9. The molecule has 2 amide bonds. The predicted octanol–water partition coefficient (Wildman–Crippen LogP) is 4.04. The highest BCUT2D eigenvalue weighted by Gasteiger charge is 2.37. The molecule has 1 N–H and O–H groups in total. The number of likely N-dealkylation sites (tertiary alicyclic amines) is 1. The molecule has 0 radical (unpaired) electrons. The summed E-state index contributed by atoms with van der Waals surface area (Å²) in [5, 5.41) is 3.13. The van der Waals surface area contributed by atoms with Crippen molar-refractivity contribution < 1.29 is 9.59 Å². The van der Waals surface area contributed by atoms with Gasteiger partial charge in [-0.1, -0.05) is 38.8 Å². The molecule has 0 aromatic heterocycles. The zero-order valence-corrected chi connectivity index (χ0v) is 16.7. The Morgan fingerprint density at radius 3 is 2.44 bits per heavy atom. The molecule has 1 aromatic carbocycles. The van der Waals surface area contributed by atoms with Gasteiger partial charge in [0.25, 0.3) is 0 Å². The van der Waals surface area contributed by atoms with Crippen LogP contribution in [0.15, 0.2) is 24.3 Å². The largest absolute Gasteiger partial charge is 0.370 e. The average Bonchev–Trinajstić information content (AvgIpc) is 2.89. The number of amides is 2. The molecule has 3 rings (SSSR count). The third-order valence-corrected chi connectivity index (χ3v) is 6.02. The third kappa shape index (κ3) is 4.63. The molecule has 148 valence electrons. The SMILES string of the molecule is CCC(CC)N1CC(C(=O)Nc2ccccc2N2CCCCCC2)CC1=O. The lowest BCUT2D eigenvalue weighted by Gasteiger charge is -2.27. The lowest BCUT2D eigenvalue weighted by molar-refractivity contribution is -0.130. The first-order chi connectivity index (χ1) is 13.1. The topological polar surface area (TPSA) is 52.7 Å². The van der Waals surface area contributed by atoms with Gasteiger partial charge < -0.3 is 15.1 Å². The van der Waals surface area contributed by atoms with E-state index >= 15 is 0 Å².